The van der Waals surface area contributed by atoms with Crippen molar-refractivity contribution in [2.24, 2.45) is 0 Å². The molecule has 140 valence electrons. The lowest BCUT2D eigenvalue weighted by Crippen LogP contribution is -2.17. The third-order valence-corrected chi connectivity index (χ3v) is 4.56. The molecule has 0 aliphatic heterocycles. The highest BCUT2D eigenvalue weighted by atomic mass is 16.5. The van der Waals surface area contributed by atoms with E-state index in [1.165, 1.54) is 13.0 Å². The van der Waals surface area contributed by atoms with Crippen molar-refractivity contribution in [2.75, 3.05) is 6.61 Å². The lowest BCUT2D eigenvalue weighted by Gasteiger charge is -2.10. The van der Waals surface area contributed by atoms with Gasteiger partial charge in [0.15, 0.2) is 5.39 Å². The average molecular weight is 376 g/mol. The van der Waals surface area contributed by atoms with Crippen LogP contribution in [0.25, 0.3) is 32.9 Å². The standard InChI is InChI=1S/C22H16O6/c1-3-26-20(23)18-12(2)27-21(24)19-16(18)11-17(28-22(19)25)15-10-6-8-13-7-4-5-9-14(13)15/h4-11H,3H2,1-2H3. The van der Waals surface area contributed by atoms with Crippen molar-refractivity contribution in [1.82, 2.24) is 0 Å². The highest BCUT2D eigenvalue weighted by Crippen LogP contribution is 2.30. The molecule has 0 aliphatic carbocycles. The van der Waals surface area contributed by atoms with Crippen molar-refractivity contribution in [3.05, 3.63) is 80.7 Å². The lowest BCUT2D eigenvalue weighted by atomic mass is 10.0. The third kappa shape index (κ3) is 2.79. The van der Waals surface area contributed by atoms with Gasteiger partial charge < -0.3 is 13.6 Å². The summed E-state index contributed by atoms with van der Waals surface area (Å²) in [6, 6.07) is 14.8. The molecule has 4 rings (SSSR count). The van der Waals surface area contributed by atoms with Gasteiger partial charge in [-0.15, -0.1) is 0 Å². The molecule has 0 N–H and O–H groups in total. The van der Waals surface area contributed by atoms with E-state index in [1.807, 2.05) is 42.5 Å². The number of hydrogen-bond donors (Lipinski definition) is 0. The van der Waals surface area contributed by atoms with E-state index in [-0.39, 0.29) is 34.5 Å². The molecule has 2 aromatic carbocycles. The Labute approximate surface area is 159 Å². The second-order valence-corrected chi connectivity index (χ2v) is 6.25. The number of ether oxygens (including phenoxy) is 1. The number of esters is 1. The van der Waals surface area contributed by atoms with Gasteiger partial charge >= 0.3 is 17.2 Å². The summed E-state index contributed by atoms with van der Waals surface area (Å²) < 4.78 is 15.6. The number of benzene rings is 2. The van der Waals surface area contributed by atoms with Crippen LogP contribution >= 0.6 is 0 Å². The number of carbonyl (C=O) groups excluding carboxylic acids is 1. The van der Waals surface area contributed by atoms with Crippen LogP contribution in [0, 0.1) is 6.92 Å². The van der Waals surface area contributed by atoms with Crippen molar-refractivity contribution >= 4 is 27.5 Å². The highest BCUT2D eigenvalue weighted by Gasteiger charge is 2.23. The fourth-order valence-electron chi connectivity index (χ4n) is 3.34. The molecule has 2 aromatic heterocycles. The zero-order chi connectivity index (χ0) is 19.8. The number of carbonyl (C=O) groups is 1. The molecule has 28 heavy (non-hydrogen) atoms. The van der Waals surface area contributed by atoms with E-state index < -0.39 is 17.2 Å². The van der Waals surface area contributed by atoms with Gasteiger partial charge in [0, 0.05) is 10.9 Å². The van der Waals surface area contributed by atoms with Crippen molar-refractivity contribution in [3.63, 3.8) is 0 Å². The second-order valence-electron chi connectivity index (χ2n) is 6.25. The molecule has 0 unspecified atom stereocenters. The Hall–Kier alpha value is -3.67. The summed E-state index contributed by atoms with van der Waals surface area (Å²) in [5.74, 6) is -0.321. The Morgan fingerprint density at radius 1 is 0.964 bits per heavy atom. The molecule has 6 nitrogen and oxygen atoms in total. The molecule has 0 atom stereocenters. The van der Waals surface area contributed by atoms with Crippen LogP contribution in [-0.2, 0) is 4.74 Å². The summed E-state index contributed by atoms with van der Waals surface area (Å²) in [7, 11) is 0. The molecule has 2 heterocycles. The Morgan fingerprint density at radius 2 is 1.68 bits per heavy atom. The topological polar surface area (TPSA) is 86.7 Å². The first-order valence-electron chi connectivity index (χ1n) is 8.78. The van der Waals surface area contributed by atoms with Gasteiger partial charge in [-0.1, -0.05) is 42.5 Å². The van der Waals surface area contributed by atoms with Gasteiger partial charge in [-0.3, -0.25) is 0 Å². The minimum Gasteiger partial charge on any atom is -0.462 e. The third-order valence-electron chi connectivity index (χ3n) is 4.56. The largest absolute Gasteiger partial charge is 0.462 e. The van der Waals surface area contributed by atoms with E-state index in [4.69, 9.17) is 13.6 Å². The van der Waals surface area contributed by atoms with E-state index in [0.717, 1.165) is 10.8 Å². The number of rotatable bonds is 3. The summed E-state index contributed by atoms with van der Waals surface area (Å²) in [5, 5.41) is 1.70. The predicted octanol–water partition coefficient (Wildman–Crippen LogP) is 4.05. The normalized spacial score (nSPS) is 11.1. The Morgan fingerprint density at radius 3 is 2.46 bits per heavy atom. The van der Waals surface area contributed by atoms with Gasteiger partial charge in [-0.2, -0.15) is 0 Å². The van der Waals surface area contributed by atoms with Crippen LogP contribution < -0.4 is 11.3 Å². The van der Waals surface area contributed by atoms with E-state index >= 15 is 0 Å². The van der Waals surface area contributed by atoms with Gasteiger partial charge in [0.2, 0.25) is 0 Å². The number of hydrogen-bond acceptors (Lipinski definition) is 6. The van der Waals surface area contributed by atoms with Crippen LogP contribution in [0.2, 0.25) is 0 Å². The first-order chi connectivity index (χ1) is 13.5. The maximum absolute atomic E-state index is 12.6. The smallest absolute Gasteiger partial charge is 0.351 e. The van der Waals surface area contributed by atoms with Crippen molar-refractivity contribution in [1.29, 1.82) is 0 Å². The van der Waals surface area contributed by atoms with E-state index in [1.54, 1.807) is 6.92 Å². The molecule has 0 saturated carbocycles. The second kappa shape index (κ2) is 6.81. The predicted molar refractivity (Wildman–Crippen MR) is 105 cm³/mol. The van der Waals surface area contributed by atoms with E-state index in [9.17, 15) is 14.4 Å². The van der Waals surface area contributed by atoms with Crippen molar-refractivity contribution in [3.8, 4) is 11.3 Å². The SMILES string of the molecule is CCOC(=O)c1c(C)oc(=O)c2c(=O)oc(-c3cccc4ccccc34)cc12. The molecule has 6 heteroatoms. The van der Waals surface area contributed by atoms with Crippen LogP contribution in [0.15, 0.2) is 67.0 Å². The van der Waals surface area contributed by atoms with Crippen molar-refractivity contribution in [2.45, 2.75) is 13.8 Å². The Balaban J connectivity index is 2.10. The molecular formula is C22H16O6. The van der Waals surface area contributed by atoms with Crippen LogP contribution in [-0.4, -0.2) is 12.6 Å². The van der Waals surface area contributed by atoms with E-state index in [0.29, 0.717) is 5.56 Å². The number of fused-ring (bicyclic) bond motifs is 2. The van der Waals surface area contributed by atoms with Crippen LogP contribution in [0.4, 0.5) is 0 Å². The summed E-state index contributed by atoms with van der Waals surface area (Å²) >= 11 is 0. The molecule has 0 fully saturated rings. The van der Waals surface area contributed by atoms with Crippen LogP contribution in [0.3, 0.4) is 0 Å². The molecule has 0 spiro atoms. The van der Waals surface area contributed by atoms with Gasteiger partial charge in [-0.05, 0) is 30.7 Å². The van der Waals surface area contributed by atoms with Crippen molar-refractivity contribution < 1.29 is 18.4 Å². The molecule has 0 amide bonds. The minimum atomic E-state index is -0.861. The Bertz CT molecular complexity index is 1340. The summed E-state index contributed by atoms with van der Waals surface area (Å²) in [4.78, 5) is 37.3. The monoisotopic (exact) mass is 376 g/mol. The molecular weight excluding hydrogens is 360 g/mol. The van der Waals surface area contributed by atoms with Gasteiger partial charge in [-0.25, -0.2) is 14.4 Å². The number of aryl methyl sites for hydroxylation is 1. The first-order valence-corrected chi connectivity index (χ1v) is 8.78. The lowest BCUT2D eigenvalue weighted by molar-refractivity contribution is 0.0524. The average Bonchev–Trinajstić information content (AvgIpc) is 2.67. The summed E-state index contributed by atoms with van der Waals surface area (Å²) in [6.07, 6.45) is 0. The minimum absolute atomic E-state index is 0.0471. The quantitative estimate of drug-likeness (QED) is 0.501. The maximum atomic E-state index is 12.6. The highest BCUT2D eigenvalue weighted by molar-refractivity contribution is 6.06. The fraction of sp³-hybridized carbons (Fsp3) is 0.136. The molecule has 0 aliphatic rings. The zero-order valence-corrected chi connectivity index (χ0v) is 15.3. The van der Waals surface area contributed by atoms with Gasteiger partial charge in [0.25, 0.3) is 0 Å². The Kier molecular flexibility index (Phi) is 4.31. The molecule has 4 aromatic rings. The summed E-state index contributed by atoms with van der Waals surface area (Å²) in [5.41, 5.74) is -0.984. The molecule has 0 radical (unpaired) electrons. The fourth-order valence-corrected chi connectivity index (χ4v) is 3.34. The van der Waals surface area contributed by atoms with E-state index in [2.05, 4.69) is 0 Å². The van der Waals surface area contributed by atoms with Crippen LogP contribution in [0.1, 0.15) is 23.0 Å². The van der Waals surface area contributed by atoms with Gasteiger partial charge in [0.05, 0.1) is 6.61 Å². The van der Waals surface area contributed by atoms with Gasteiger partial charge in [0.1, 0.15) is 17.1 Å². The molecule has 0 bridgehead atoms. The zero-order valence-electron chi connectivity index (χ0n) is 15.3. The molecule has 0 saturated heterocycles. The first kappa shape index (κ1) is 17.7. The maximum Gasteiger partial charge on any atom is 0.351 e. The summed E-state index contributed by atoms with van der Waals surface area (Å²) in [6.45, 7) is 3.31. The van der Waals surface area contributed by atoms with Crippen LogP contribution in [0.5, 0.6) is 0 Å².